The number of carbonyl (C=O) groups is 2. The van der Waals surface area contributed by atoms with Gasteiger partial charge in [-0.05, 0) is 49.1 Å². The van der Waals surface area contributed by atoms with E-state index in [2.05, 4.69) is 39.8 Å². The van der Waals surface area contributed by atoms with Crippen LogP contribution in [-0.2, 0) is 16.0 Å². The first kappa shape index (κ1) is 20.1. The Morgan fingerprint density at radius 3 is 2.37 bits per heavy atom. The Morgan fingerprint density at radius 1 is 0.867 bits per heavy atom. The number of rotatable bonds is 5. The number of amides is 2. The first-order chi connectivity index (χ1) is 14.7. The van der Waals surface area contributed by atoms with Crippen molar-refractivity contribution in [3.63, 3.8) is 0 Å². The van der Waals surface area contributed by atoms with Crippen molar-refractivity contribution in [3.05, 3.63) is 48.0 Å². The second-order valence-electron chi connectivity index (χ2n) is 7.60. The van der Waals surface area contributed by atoms with Gasteiger partial charge in [0.25, 0.3) is 0 Å². The first-order valence-corrected chi connectivity index (χ1v) is 10.5. The maximum Gasteiger partial charge on any atom is 0.313 e. The van der Waals surface area contributed by atoms with Crippen LogP contribution in [0, 0.1) is 0 Å². The van der Waals surface area contributed by atoms with E-state index in [9.17, 15) is 9.59 Å². The summed E-state index contributed by atoms with van der Waals surface area (Å²) >= 11 is 0. The van der Waals surface area contributed by atoms with E-state index in [1.807, 2.05) is 0 Å². The zero-order chi connectivity index (χ0) is 20.8. The highest BCUT2D eigenvalue weighted by Crippen LogP contribution is 2.34. The maximum absolute atomic E-state index is 12.1. The summed E-state index contributed by atoms with van der Waals surface area (Å²) in [6.07, 6.45) is 5.81. The topological polar surface area (TPSA) is 79.9 Å². The minimum Gasteiger partial charge on any atom is -0.454 e. The van der Waals surface area contributed by atoms with Gasteiger partial charge < -0.3 is 25.0 Å². The average Bonchev–Trinajstić information content (AvgIpc) is 3.06. The van der Waals surface area contributed by atoms with Crippen LogP contribution in [0.15, 0.2) is 42.5 Å². The van der Waals surface area contributed by atoms with E-state index in [1.165, 1.54) is 31.4 Å². The van der Waals surface area contributed by atoms with Gasteiger partial charge in [-0.25, -0.2) is 0 Å². The number of hydrogen-bond donors (Lipinski definition) is 2. The first-order valence-electron chi connectivity index (χ1n) is 10.5. The largest absolute Gasteiger partial charge is 0.454 e. The fourth-order valence-electron chi connectivity index (χ4n) is 3.77. The monoisotopic (exact) mass is 409 g/mol. The van der Waals surface area contributed by atoms with Crippen LogP contribution >= 0.6 is 0 Å². The van der Waals surface area contributed by atoms with Crippen molar-refractivity contribution < 1.29 is 19.1 Å². The minimum absolute atomic E-state index is 0.159. The lowest BCUT2D eigenvalue weighted by molar-refractivity contribution is -0.136. The molecule has 1 fully saturated rings. The number of ether oxygens (including phenoxy) is 2. The molecular formula is C23H27N3O4. The predicted octanol–water partition coefficient (Wildman–Crippen LogP) is 3.09. The Labute approximate surface area is 176 Å². The van der Waals surface area contributed by atoms with E-state index in [-0.39, 0.29) is 6.79 Å². The highest BCUT2D eigenvalue weighted by Gasteiger charge is 2.17. The molecule has 2 heterocycles. The lowest BCUT2D eigenvalue weighted by Crippen LogP contribution is -2.36. The molecule has 158 valence electrons. The smallest absolute Gasteiger partial charge is 0.313 e. The Bertz CT molecular complexity index is 890. The number of anilines is 2. The summed E-state index contributed by atoms with van der Waals surface area (Å²) in [5.74, 6) is -0.185. The van der Waals surface area contributed by atoms with Crippen molar-refractivity contribution in [1.29, 1.82) is 0 Å². The molecule has 2 aliphatic heterocycles. The molecule has 2 aromatic carbocycles. The Morgan fingerprint density at radius 2 is 1.60 bits per heavy atom. The van der Waals surface area contributed by atoms with Gasteiger partial charge in [-0.3, -0.25) is 9.59 Å². The highest BCUT2D eigenvalue weighted by atomic mass is 16.7. The number of fused-ring (bicyclic) bond motifs is 1. The molecular weight excluding hydrogens is 382 g/mol. The van der Waals surface area contributed by atoms with Crippen LogP contribution in [-0.4, -0.2) is 38.2 Å². The SMILES string of the molecule is O=C(NCCc1ccc(N2CCCCCC2)cc1)C(=O)Nc1ccc2c(c1)OCO2. The normalized spacial score (nSPS) is 15.4. The van der Waals surface area contributed by atoms with Gasteiger partial charge in [-0.15, -0.1) is 0 Å². The van der Waals surface area contributed by atoms with Gasteiger partial charge in [0.1, 0.15) is 0 Å². The molecule has 2 amide bonds. The summed E-state index contributed by atoms with van der Waals surface area (Å²) in [5.41, 5.74) is 2.88. The fraction of sp³-hybridized carbons (Fsp3) is 0.391. The molecule has 0 bridgehead atoms. The van der Waals surface area contributed by atoms with Crippen LogP contribution in [0.1, 0.15) is 31.2 Å². The molecule has 0 saturated carbocycles. The molecule has 1 saturated heterocycles. The van der Waals surface area contributed by atoms with Gasteiger partial charge in [0.2, 0.25) is 6.79 Å². The van der Waals surface area contributed by atoms with Crippen LogP contribution in [0.25, 0.3) is 0 Å². The lowest BCUT2D eigenvalue weighted by Gasteiger charge is -2.22. The summed E-state index contributed by atoms with van der Waals surface area (Å²) in [5, 5.41) is 5.25. The van der Waals surface area contributed by atoms with Gasteiger partial charge in [-0.1, -0.05) is 25.0 Å². The molecule has 7 nitrogen and oxygen atoms in total. The van der Waals surface area contributed by atoms with E-state index >= 15 is 0 Å². The van der Waals surface area contributed by atoms with Crippen LogP contribution < -0.4 is 25.0 Å². The van der Waals surface area contributed by atoms with E-state index in [4.69, 9.17) is 9.47 Å². The van der Waals surface area contributed by atoms with Crippen molar-refractivity contribution in [3.8, 4) is 11.5 Å². The zero-order valence-electron chi connectivity index (χ0n) is 17.0. The quantitative estimate of drug-likeness (QED) is 0.742. The number of benzene rings is 2. The number of hydrogen-bond acceptors (Lipinski definition) is 5. The molecule has 7 heteroatoms. The summed E-state index contributed by atoms with van der Waals surface area (Å²) < 4.78 is 10.5. The Balaban J connectivity index is 1.22. The average molecular weight is 409 g/mol. The fourth-order valence-corrected chi connectivity index (χ4v) is 3.77. The third-order valence-electron chi connectivity index (χ3n) is 5.44. The maximum atomic E-state index is 12.1. The van der Waals surface area contributed by atoms with Gasteiger partial charge in [-0.2, -0.15) is 0 Å². The van der Waals surface area contributed by atoms with Crippen molar-refractivity contribution in [2.75, 3.05) is 36.6 Å². The molecule has 4 rings (SSSR count). The molecule has 0 unspecified atom stereocenters. The lowest BCUT2D eigenvalue weighted by atomic mass is 10.1. The van der Waals surface area contributed by atoms with Crippen LogP contribution in [0.3, 0.4) is 0 Å². The van der Waals surface area contributed by atoms with Crippen LogP contribution in [0.5, 0.6) is 11.5 Å². The number of nitrogens with zero attached hydrogens (tertiary/aromatic N) is 1. The Hall–Kier alpha value is -3.22. The second kappa shape index (κ2) is 9.52. The van der Waals surface area contributed by atoms with Gasteiger partial charge in [0, 0.05) is 37.1 Å². The predicted molar refractivity (Wildman–Crippen MR) is 115 cm³/mol. The summed E-state index contributed by atoms with van der Waals surface area (Å²) in [6, 6.07) is 13.5. The molecule has 0 radical (unpaired) electrons. The van der Waals surface area contributed by atoms with E-state index in [1.54, 1.807) is 18.2 Å². The van der Waals surface area contributed by atoms with E-state index in [0.717, 1.165) is 18.7 Å². The van der Waals surface area contributed by atoms with Crippen molar-refractivity contribution in [2.24, 2.45) is 0 Å². The third-order valence-corrected chi connectivity index (χ3v) is 5.44. The van der Waals surface area contributed by atoms with Crippen molar-refractivity contribution in [2.45, 2.75) is 32.1 Å². The van der Waals surface area contributed by atoms with Crippen LogP contribution in [0.2, 0.25) is 0 Å². The van der Waals surface area contributed by atoms with Crippen LogP contribution in [0.4, 0.5) is 11.4 Å². The molecule has 2 aliphatic rings. The highest BCUT2D eigenvalue weighted by molar-refractivity contribution is 6.39. The summed E-state index contributed by atoms with van der Waals surface area (Å²) in [6.45, 7) is 2.80. The molecule has 2 aromatic rings. The molecule has 0 aromatic heterocycles. The molecule has 30 heavy (non-hydrogen) atoms. The Kier molecular flexibility index (Phi) is 6.37. The summed E-state index contributed by atoms with van der Waals surface area (Å²) in [7, 11) is 0. The second-order valence-corrected chi connectivity index (χ2v) is 7.60. The van der Waals surface area contributed by atoms with Crippen molar-refractivity contribution in [1.82, 2.24) is 5.32 Å². The van der Waals surface area contributed by atoms with E-state index < -0.39 is 11.8 Å². The third kappa shape index (κ3) is 5.03. The van der Waals surface area contributed by atoms with Gasteiger partial charge in [0.05, 0.1) is 0 Å². The molecule has 0 aliphatic carbocycles. The molecule has 2 N–H and O–H groups in total. The molecule has 0 spiro atoms. The van der Waals surface area contributed by atoms with Gasteiger partial charge in [0.15, 0.2) is 11.5 Å². The van der Waals surface area contributed by atoms with Crippen molar-refractivity contribution >= 4 is 23.2 Å². The number of carbonyl (C=O) groups excluding carboxylic acids is 2. The standard InChI is InChI=1S/C23H27N3O4/c27-22(23(28)25-18-7-10-20-21(15-18)30-16-29-20)24-12-11-17-5-8-19(9-6-17)26-13-3-1-2-4-14-26/h5-10,15H,1-4,11-14,16H2,(H,24,27)(H,25,28). The summed E-state index contributed by atoms with van der Waals surface area (Å²) in [4.78, 5) is 26.6. The zero-order valence-corrected chi connectivity index (χ0v) is 17.0. The minimum atomic E-state index is -0.703. The molecule has 0 atom stereocenters. The van der Waals surface area contributed by atoms with E-state index in [0.29, 0.717) is 30.2 Å². The number of nitrogens with one attached hydrogen (secondary N) is 2. The van der Waals surface area contributed by atoms with Gasteiger partial charge >= 0.3 is 11.8 Å².